The number of hydrogen-bond donors (Lipinski definition) is 3. The predicted molar refractivity (Wildman–Crippen MR) is 85.9 cm³/mol. The average Bonchev–Trinajstić information content (AvgIpc) is 2.52. The Labute approximate surface area is 129 Å². The Balaban J connectivity index is 2.57. The lowest BCUT2D eigenvalue weighted by molar-refractivity contribution is -0.124. The minimum atomic E-state index is -0.517. The lowest BCUT2D eigenvalue weighted by Crippen LogP contribution is -2.51. The zero-order chi connectivity index (χ0) is 16.0. The van der Waals surface area contributed by atoms with E-state index in [1.54, 1.807) is 0 Å². The van der Waals surface area contributed by atoms with Gasteiger partial charge in [-0.1, -0.05) is 20.8 Å². The molecule has 0 aromatic carbocycles. The molecule has 1 fully saturated rings. The Morgan fingerprint density at radius 2 is 2.10 bits per heavy atom. The van der Waals surface area contributed by atoms with E-state index in [-0.39, 0.29) is 11.9 Å². The summed E-state index contributed by atoms with van der Waals surface area (Å²) in [5.74, 6) is 0.259. The fourth-order valence-corrected chi connectivity index (χ4v) is 3.02. The van der Waals surface area contributed by atoms with Gasteiger partial charge in [-0.25, -0.2) is 0 Å². The number of nitrogens with one attached hydrogen (secondary N) is 1. The molecule has 5 heteroatoms. The van der Waals surface area contributed by atoms with Crippen molar-refractivity contribution in [2.45, 2.75) is 77.6 Å². The molecule has 1 aliphatic rings. The Bertz CT molecular complexity index is 323. The lowest BCUT2D eigenvalue weighted by atomic mass is 10.0. The quantitative estimate of drug-likeness (QED) is 0.686. The van der Waals surface area contributed by atoms with Gasteiger partial charge in [0.05, 0.1) is 18.2 Å². The number of carbonyl (C=O) groups is 1. The molecular formula is C16H33N3O2. The zero-order valence-corrected chi connectivity index (χ0v) is 14.0. The Morgan fingerprint density at radius 3 is 2.67 bits per heavy atom. The highest BCUT2D eigenvalue weighted by Crippen LogP contribution is 2.18. The fraction of sp³-hybridized carbons (Fsp3) is 0.938. The van der Waals surface area contributed by atoms with Crippen molar-refractivity contribution in [3.8, 4) is 0 Å². The van der Waals surface area contributed by atoms with E-state index < -0.39 is 12.1 Å². The normalized spacial score (nSPS) is 29.2. The number of hydrogen-bond acceptors (Lipinski definition) is 4. The van der Waals surface area contributed by atoms with Gasteiger partial charge in [-0.3, -0.25) is 9.69 Å². The number of amides is 1. The molecule has 0 saturated carbocycles. The highest BCUT2D eigenvalue weighted by Gasteiger charge is 2.30. The SMILES string of the molecule is CCCN1C[C@H](O)[C@@H](NC(=O)[C@@H](N)CC(C)C)CC[C@H]1C. The number of rotatable bonds is 6. The van der Waals surface area contributed by atoms with Gasteiger partial charge in [0.25, 0.3) is 0 Å². The summed E-state index contributed by atoms with van der Waals surface area (Å²) >= 11 is 0. The number of aliphatic hydroxyl groups excluding tert-OH is 1. The van der Waals surface area contributed by atoms with Gasteiger partial charge in [0.15, 0.2) is 0 Å². The maximum Gasteiger partial charge on any atom is 0.237 e. The Morgan fingerprint density at radius 1 is 1.43 bits per heavy atom. The van der Waals surface area contributed by atoms with Crippen LogP contribution in [0.2, 0.25) is 0 Å². The topological polar surface area (TPSA) is 78.6 Å². The maximum absolute atomic E-state index is 12.1. The van der Waals surface area contributed by atoms with Crippen LogP contribution in [0.1, 0.15) is 53.4 Å². The molecule has 5 nitrogen and oxygen atoms in total. The molecule has 0 spiro atoms. The van der Waals surface area contributed by atoms with Crippen LogP contribution in [0, 0.1) is 5.92 Å². The molecule has 124 valence electrons. The molecule has 0 aromatic heterocycles. The van der Waals surface area contributed by atoms with Gasteiger partial charge in [0.2, 0.25) is 5.91 Å². The summed E-state index contributed by atoms with van der Waals surface area (Å²) in [6, 6.07) is -0.213. The van der Waals surface area contributed by atoms with Gasteiger partial charge in [-0.15, -0.1) is 0 Å². The molecule has 1 saturated heterocycles. The molecule has 4 N–H and O–H groups in total. The largest absolute Gasteiger partial charge is 0.390 e. The highest BCUT2D eigenvalue weighted by molar-refractivity contribution is 5.81. The van der Waals surface area contributed by atoms with Crippen molar-refractivity contribution in [3.05, 3.63) is 0 Å². The van der Waals surface area contributed by atoms with Gasteiger partial charge < -0.3 is 16.2 Å². The van der Waals surface area contributed by atoms with Crippen LogP contribution in [0.3, 0.4) is 0 Å². The summed E-state index contributed by atoms with van der Waals surface area (Å²) in [7, 11) is 0. The van der Waals surface area contributed by atoms with Crippen molar-refractivity contribution in [3.63, 3.8) is 0 Å². The van der Waals surface area contributed by atoms with Crippen molar-refractivity contribution in [1.29, 1.82) is 0 Å². The number of nitrogens with zero attached hydrogens (tertiary/aromatic N) is 1. The van der Waals surface area contributed by atoms with Crippen molar-refractivity contribution in [1.82, 2.24) is 10.2 Å². The summed E-state index contributed by atoms with van der Waals surface area (Å²) in [5, 5.41) is 13.3. The third kappa shape index (κ3) is 5.93. The van der Waals surface area contributed by atoms with E-state index >= 15 is 0 Å². The number of carbonyl (C=O) groups excluding carboxylic acids is 1. The standard InChI is InChI=1S/C16H33N3O2/c1-5-8-19-10-15(20)14(7-6-12(19)4)18-16(21)13(17)9-11(2)3/h11-15,20H,5-10,17H2,1-4H3,(H,18,21)/t12-,13+,14+,15+/m1/s1. The third-order valence-corrected chi connectivity index (χ3v) is 4.31. The molecular weight excluding hydrogens is 266 g/mol. The van der Waals surface area contributed by atoms with Gasteiger partial charge >= 0.3 is 0 Å². The van der Waals surface area contributed by atoms with Crippen LogP contribution in [-0.4, -0.2) is 53.2 Å². The van der Waals surface area contributed by atoms with E-state index in [4.69, 9.17) is 5.73 Å². The summed E-state index contributed by atoms with van der Waals surface area (Å²) in [6.07, 6.45) is 3.03. The lowest BCUT2D eigenvalue weighted by Gasteiger charge is -2.28. The second-order valence-corrected chi connectivity index (χ2v) is 6.84. The first-order chi connectivity index (χ1) is 9.85. The molecule has 0 aliphatic carbocycles. The second-order valence-electron chi connectivity index (χ2n) is 6.84. The van der Waals surface area contributed by atoms with Crippen LogP contribution in [0.25, 0.3) is 0 Å². The first kappa shape index (κ1) is 18.4. The van der Waals surface area contributed by atoms with Crippen LogP contribution >= 0.6 is 0 Å². The number of likely N-dealkylation sites (tertiary alicyclic amines) is 1. The van der Waals surface area contributed by atoms with E-state index in [0.29, 0.717) is 24.9 Å². The van der Waals surface area contributed by atoms with Crippen molar-refractivity contribution in [2.24, 2.45) is 11.7 Å². The summed E-state index contributed by atoms with van der Waals surface area (Å²) in [5.41, 5.74) is 5.92. The van der Waals surface area contributed by atoms with E-state index in [2.05, 4.69) is 37.9 Å². The molecule has 1 amide bonds. The molecule has 0 radical (unpaired) electrons. The molecule has 0 aromatic rings. The van der Waals surface area contributed by atoms with E-state index in [1.165, 1.54) is 0 Å². The van der Waals surface area contributed by atoms with Crippen LogP contribution in [0.15, 0.2) is 0 Å². The molecule has 1 aliphatic heterocycles. The van der Waals surface area contributed by atoms with Crippen molar-refractivity contribution >= 4 is 5.91 Å². The maximum atomic E-state index is 12.1. The molecule has 1 rings (SSSR count). The Hall–Kier alpha value is -0.650. The Kier molecular flexibility index (Phi) is 7.63. The number of aliphatic hydroxyl groups is 1. The molecule has 0 bridgehead atoms. The van der Waals surface area contributed by atoms with Crippen LogP contribution in [0.4, 0.5) is 0 Å². The minimum absolute atomic E-state index is 0.135. The van der Waals surface area contributed by atoms with Crippen molar-refractivity contribution in [2.75, 3.05) is 13.1 Å². The van der Waals surface area contributed by atoms with Gasteiger partial charge in [0, 0.05) is 12.6 Å². The van der Waals surface area contributed by atoms with Crippen LogP contribution in [-0.2, 0) is 4.79 Å². The fourth-order valence-electron chi connectivity index (χ4n) is 3.02. The van der Waals surface area contributed by atoms with E-state index in [1.807, 2.05) is 0 Å². The average molecular weight is 299 g/mol. The van der Waals surface area contributed by atoms with Gasteiger partial charge in [-0.2, -0.15) is 0 Å². The number of nitrogens with two attached hydrogens (primary N) is 1. The van der Waals surface area contributed by atoms with Crippen LogP contribution in [0.5, 0.6) is 0 Å². The van der Waals surface area contributed by atoms with Crippen molar-refractivity contribution < 1.29 is 9.90 Å². The van der Waals surface area contributed by atoms with E-state index in [9.17, 15) is 9.90 Å². The minimum Gasteiger partial charge on any atom is -0.390 e. The molecule has 0 unspecified atom stereocenters. The number of β-amino-alcohol motifs (C(OH)–C–C–N with tert-alkyl or cyclic N) is 1. The summed E-state index contributed by atoms with van der Waals surface area (Å²) in [4.78, 5) is 14.4. The van der Waals surface area contributed by atoms with E-state index in [0.717, 1.165) is 25.8 Å². The third-order valence-electron chi connectivity index (χ3n) is 4.31. The van der Waals surface area contributed by atoms with Crippen LogP contribution < -0.4 is 11.1 Å². The van der Waals surface area contributed by atoms with Gasteiger partial charge in [-0.05, 0) is 45.1 Å². The first-order valence-electron chi connectivity index (χ1n) is 8.33. The highest BCUT2D eigenvalue weighted by atomic mass is 16.3. The zero-order valence-electron chi connectivity index (χ0n) is 14.0. The van der Waals surface area contributed by atoms with Gasteiger partial charge in [0.1, 0.15) is 0 Å². The first-order valence-corrected chi connectivity index (χ1v) is 8.33. The smallest absolute Gasteiger partial charge is 0.237 e. The summed E-state index contributed by atoms with van der Waals surface area (Å²) in [6.45, 7) is 10.1. The molecule has 21 heavy (non-hydrogen) atoms. The summed E-state index contributed by atoms with van der Waals surface area (Å²) < 4.78 is 0. The second kappa shape index (κ2) is 8.71. The molecule has 1 heterocycles. The predicted octanol–water partition coefficient (Wildman–Crippen LogP) is 1.10. The monoisotopic (exact) mass is 299 g/mol. The molecule has 4 atom stereocenters.